The number of hydrogen-bond acceptors (Lipinski definition) is 2. The summed E-state index contributed by atoms with van der Waals surface area (Å²) in [6.45, 7) is 0. The molecule has 2 rings (SSSR count). The first kappa shape index (κ1) is 11.8. The quantitative estimate of drug-likeness (QED) is 0.819. The van der Waals surface area contributed by atoms with Crippen molar-refractivity contribution in [3.8, 4) is 0 Å². The third kappa shape index (κ3) is 2.22. The lowest BCUT2D eigenvalue weighted by Crippen LogP contribution is -2.13. The molecule has 1 aliphatic rings. The van der Waals surface area contributed by atoms with Gasteiger partial charge < -0.3 is 5.11 Å². The van der Waals surface area contributed by atoms with Gasteiger partial charge in [-0.15, -0.1) is 0 Å². The molecule has 1 unspecified atom stereocenters. The number of alkyl halides is 4. The van der Waals surface area contributed by atoms with Crippen molar-refractivity contribution in [3.63, 3.8) is 0 Å². The van der Waals surface area contributed by atoms with Crippen LogP contribution in [0.3, 0.4) is 0 Å². The average molecular weight is 249 g/mol. The molecule has 0 aromatic carbocycles. The van der Waals surface area contributed by atoms with Crippen LogP contribution >= 0.6 is 0 Å². The fourth-order valence-electron chi connectivity index (χ4n) is 1.54. The van der Waals surface area contributed by atoms with E-state index in [1.807, 2.05) is 0 Å². The molecule has 0 bridgehead atoms. The smallest absolute Gasteiger partial charge is 0.433 e. The number of carbonyl (C=O) groups is 1. The second-order valence-electron chi connectivity index (χ2n) is 3.79. The Hall–Kier alpha value is -1.66. The topological polar surface area (TPSA) is 50.2 Å². The highest BCUT2D eigenvalue weighted by atomic mass is 19.4. The van der Waals surface area contributed by atoms with Crippen LogP contribution in [0.4, 0.5) is 17.6 Å². The van der Waals surface area contributed by atoms with E-state index >= 15 is 0 Å². The van der Waals surface area contributed by atoms with Crippen molar-refractivity contribution in [1.82, 2.24) is 4.98 Å². The SMILES string of the molecule is O=C(O)c1ccc(C(F)(F)F)nc1C1C[C@@H]1F. The van der Waals surface area contributed by atoms with Gasteiger partial charge in [0.15, 0.2) is 0 Å². The molecule has 2 atom stereocenters. The van der Waals surface area contributed by atoms with Gasteiger partial charge in [0.05, 0.1) is 11.3 Å². The van der Waals surface area contributed by atoms with Gasteiger partial charge in [-0.3, -0.25) is 0 Å². The maximum absolute atomic E-state index is 12.8. The van der Waals surface area contributed by atoms with Gasteiger partial charge in [0.2, 0.25) is 0 Å². The molecular formula is C10H7F4NO2. The van der Waals surface area contributed by atoms with Gasteiger partial charge in [0.1, 0.15) is 11.9 Å². The van der Waals surface area contributed by atoms with Gasteiger partial charge in [0.25, 0.3) is 0 Å². The van der Waals surface area contributed by atoms with Gasteiger partial charge in [-0.1, -0.05) is 0 Å². The Morgan fingerprint density at radius 1 is 1.41 bits per heavy atom. The molecule has 1 heterocycles. The van der Waals surface area contributed by atoms with E-state index in [0.717, 1.165) is 6.07 Å². The summed E-state index contributed by atoms with van der Waals surface area (Å²) in [6.07, 6.45) is -5.94. The lowest BCUT2D eigenvalue weighted by Gasteiger charge is -2.09. The number of carboxylic acids is 1. The minimum absolute atomic E-state index is 0.0224. The van der Waals surface area contributed by atoms with Crippen molar-refractivity contribution in [2.75, 3.05) is 0 Å². The first-order valence-electron chi connectivity index (χ1n) is 4.76. The minimum atomic E-state index is -4.66. The lowest BCUT2D eigenvalue weighted by molar-refractivity contribution is -0.141. The summed E-state index contributed by atoms with van der Waals surface area (Å²) in [6, 6.07) is 1.40. The van der Waals surface area contributed by atoms with E-state index in [1.54, 1.807) is 0 Å². The largest absolute Gasteiger partial charge is 0.478 e. The Kier molecular flexibility index (Phi) is 2.56. The van der Waals surface area contributed by atoms with Crippen LogP contribution in [0, 0.1) is 0 Å². The normalized spacial score (nSPS) is 23.5. The van der Waals surface area contributed by atoms with E-state index in [9.17, 15) is 22.4 Å². The number of halogens is 4. The molecular weight excluding hydrogens is 242 g/mol. The van der Waals surface area contributed by atoms with Crippen molar-refractivity contribution >= 4 is 5.97 Å². The number of rotatable bonds is 2. The van der Waals surface area contributed by atoms with Crippen LogP contribution < -0.4 is 0 Å². The average Bonchev–Trinajstić information content (AvgIpc) is 2.93. The zero-order valence-corrected chi connectivity index (χ0v) is 8.33. The summed E-state index contributed by atoms with van der Waals surface area (Å²) >= 11 is 0. The Bertz CT molecular complexity index is 472. The van der Waals surface area contributed by atoms with Gasteiger partial charge in [-0.2, -0.15) is 13.2 Å². The molecule has 1 saturated carbocycles. The zero-order valence-electron chi connectivity index (χ0n) is 8.33. The second-order valence-corrected chi connectivity index (χ2v) is 3.79. The first-order chi connectivity index (χ1) is 7.80. The third-order valence-corrected chi connectivity index (χ3v) is 2.51. The van der Waals surface area contributed by atoms with Crippen molar-refractivity contribution in [2.45, 2.75) is 24.7 Å². The predicted molar refractivity (Wildman–Crippen MR) is 48.5 cm³/mol. The van der Waals surface area contributed by atoms with E-state index in [1.165, 1.54) is 0 Å². The molecule has 3 nitrogen and oxygen atoms in total. The molecule has 17 heavy (non-hydrogen) atoms. The second kappa shape index (κ2) is 3.68. The molecule has 0 aliphatic heterocycles. The first-order valence-corrected chi connectivity index (χ1v) is 4.76. The van der Waals surface area contributed by atoms with E-state index < -0.39 is 29.9 Å². The summed E-state index contributed by atoms with van der Waals surface area (Å²) in [4.78, 5) is 14.0. The highest BCUT2D eigenvalue weighted by Crippen LogP contribution is 2.44. The molecule has 0 amide bonds. The van der Waals surface area contributed by atoms with Gasteiger partial charge >= 0.3 is 12.1 Å². The van der Waals surface area contributed by atoms with Gasteiger partial charge in [-0.25, -0.2) is 14.2 Å². The number of hydrogen-bond donors (Lipinski definition) is 1. The standard InChI is InChI=1S/C10H7F4NO2/c11-6-3-5(6)8-4(9(16)17)1-2-7(15-8)10(12,13)14/h1-2,5-6H,3H2,(H,16,17)/t5?,6-/m0/s1. The molecule has 0 saturated heterocycles. The van der Waals surface area contributed by atoms with Crippen LogP contribution in [-0.2, 0) is 6.18 Å². The molecule has 92 valence electrons. The number of nitrogens with zero attached hydrogens (tertiary/aromatic N) is 1. The Morgan fingerprint density at radius 2 is 2.00 bits per heavy atom. The van der Waals surface area contributed by atoms with Crippen LogP contribution in [0.25, 0.3) is 0 Å². The summed E-state index contributed by atoms with van der Waals surface area (Å²) < 4.78 is 50.0. The number of aromatic carboxylic acids is 1. The maximum atomic E-state index is 12.8. The van der Waals surface area contributed by atoms with Crippen molar-refractivity contribution < 1.29 is 27.5 Å². The highest BCUT2D eigenvalue weighted by Gasteiger charge is 2.44. The van der Waals surface area contributed by atoms with Gasteiger partial charge in [0, 0.05) is 5.92 Å². The molecule has 1 N–H and O–H groups in total. The molecule has 1 fully saturated rings. The molecule has 1 aliphatic carbocycles. The van der Waals surface area contributed by atoms with Crippen LogP contribution in [0.5, 0.6) is 0 Å². The summed E-state index contributed by atoms with van der Waals surface area (Å²) in [5.41, 5.74) is -1.89. The van der Waals surface area contributed by atoms with Crippen LogP contribution in [-0.4, -0.2) is 22.2 Å². The highest BCUT2D eigenvalue weighted by molar-refractivity contribution is 5.89. The van der Waals surface area contributed by atoms with Crippen molar-refractivity contribution in [3.05, 3.63) is 29.1 Å². The fourth-order valence-corrected chi connectivity index (χ4v) is 1.54. The number of aromatic nitrogens is 1. The fraction of sp³-hybridized carbons (Fsp3) is 0.400. The van der Waals surface area contributed by atoms with Crippen LogP contribution in [0.2, 0.25) is 0 Å². The monoisotopic (exact) mass is 249 g/mol. The number of carboxylic acid groups (broad SMARTS) is 1. The Morgan fingerprint density at radius 3 is 2.41 bits per heavy atom. The van der Waals surface area contributed by atoms with Crippen molar-refractivity contribution in [1.29, 1.82) is 0 Å². The molecule has 7 heteroatoms. The van der Waals surface area contributed by atoms with Crippen LogP contribution in [0.15, 0.2) is 12.1 Å². The summed E-state index contributed by atoms with van der Waals surface area (Å²) in [5, 5.41) is 8.78. The molecule has 0 spiro atoms. The molecule has 0 radical (unpaired) electrons. The zero-order chi connectivity index (χ0) is 12.8. The van der Waals surface area contributed by atoms with E-state index in [4.69, 9.17) is 5.11 Å². The number of pyridine rings is 1. The minimum Gasteiger partial charge on any atom is -0.478 e. The van der Waals surface area contributed by atoms with Crippen molar-refractivity contribution in [2.24, 2.45) is 0 Å². The molecule has 1 aromatic heterocycles. The van der Waals surface area contributed by atoms with E-state index in [-0.39, 0.29) is 17.7 Å². The third-order valence-electron chi connectivity index (χ3n) is 2.51. The van der Waals surface area contributed by atoms with Crippen LogP contribution in [0.1, 0.15) is 34.1 Å². The predicted octanol–water partition coefficient (Wildman–Crippen LogP) is 2.62. The van der Waals surface area contributed by atoms with E-state index in [0.29, 0.717) is 6.07 Å². The molecule has 1 aromatic rings. The summed E-state index contributed by atoms with van der Waals surface area (Å²) in [5.74, 6) is -2.23. The lowest BCUT2D eigenvalue weighted by atomic mass is 10.1. The maximum Gasteiger partial charge on any atom is 0.433 e. The Labute approximate surface area is 93.1 Å². The van der Waals surface area contributed by atoms with Gasteiger partial charge in [-0.05, 0) is 18.6 Å². The Balaban J connectivity index is 2.47. The van der Waals surface area contributed by atoms with E-state index in [2.05, 4.69) is 4.98 Å². The summed E-state index contributed by atoms with van der Waals surface area (Å²) in [7, 11) is 0.